The van der Waals surface area contributed by atoms with Crippen LogP contribution in [0.15, 0.2) is 24.3 Å². The van der Waals surface area contributed by atoms with E-state index in [2.05, 4.69) is 11.8 Å². The van der Waals surface area contributed by atoms with Gasteiger partial charge in [-0.1, -0.05) is 6.92 Å². The van der Waals surface area contributed by atoms with Crippen molar-refractivity contribution in [1.82, 2.24) is 4.90 Å². The van der Waals surface area contributed by atoms with Crippen LogP contribution in [0.3, 0.4) is 0 Å². The number of benzene rings is 1. The third-order valence-corrected chi connectivity index (χ3v) is 13.5. The van der Waals surface area contributed by atoms with Gasteiger partial charge in [0.05, 0.1) is 37.9 Å². The van der Waals surface area contributed by atoms with Gasteiger partial charge in [-0.15, -0.1) is 0 Å². The van der Waals surface area contributed by atoms with Gasteiger partial charge in [-0.25, -0.2) is 0 Å². The zero-order chi connectivity index (χ0) is 32.1. The molecule has 5 aliphatic carbocycles. The van der Waals surface area contributed by atoms with E-state index in [9.17, 15) is 14.7 Å². The average molecular weight is 628 g/mol. The second kappa shape index (κ2) is 10.7. The zero-order valence-electron chi connectivity index (χ0n) is 27.6. The van der Waals surface area contributed by atoms with Crippen LogP contribution in [0.1, 0.15) is 49.9 Å². The molecule has 1 saturated heterocycles. The quantitative estimate of drug-likeness (QED) is 0.307. The number of rotatable bonds is 10. The first-order chi connectivity index (χ1) is 21.6. The van der Waals surface area contributed by atoms with Crippen molar-refractivity contribution in [2.45, 2.75) is 75.1 Å². The van der Waals surface area contributed by atoms with Crippen molar-refractivity contribution in [2.24, 2.45) is 40.4 Å². The number of hydrogen-bond donors (Lipinski definition) is 1. The van der Waals surface area contributed by atoms with Gasteiger partial charge in [-0.05, 0) is 56.0 Å². The summed E-state index contributed by atoms with van der Waals surface area (Å²) in [5, 5.41) is 12.9. The number of aliphatic hydroxyl groups is 1. The Kier molecular flexibility index (Phi) is 7.51. The van der Waals surface area contributed by atoms with Crippen LogP contribution in [0.4, 0.5) is 0 Å². The lowest BCUT2D eigenvalue weighted by molar-refractivity contribution is -0.277. The summed E-state index contributed by atoms with van der Waals surface area (Å²) < 4.78 is 37.3. The fourth-order valence-corrected chi connectivity index (χ4v) is 12.7. The summed E-state index contributed by atoms with van der Waals surface area (Å²) in [6.07, 6.45) is 1.28. The largest absolute Gasteiger partial charge is 0.497 e. The Bertz CT molecular complexity index is 1340. The molecule has 45 heavy (non-hydrogen) atoms. The van der Waals surface area contributed by atoms with Crippen molar-refractivity contribution in [2.75, 3.05) is 55.2 Å². The number of ketones is 1. The standard InChI is InChI=1S/C35H49NO9/c1-8-36-17-32(18-40-3)14-13-23(42-5)35-22-15-33(39)24(43-6)16-34(45-19(2)37,27(31(35)36)29(44-7)30(32)35)25(22)26(33)28(38)20-9-11-21(41-4)12-10-20/h9-12,22-27,29-31,39H,8,13-18H2,1-7H3/t22-,23+,24+,25-,26+,27?,29+,30-,31?,32+,33-,34-,35?/m1/s1. The molecule has 7 rings (SSSR count). The molecule has 7 bridgehead atoms. The molecule has 0 amide bonds. The highest BCUT2D eigenvalue weighted by molar-refractivity contribution is 5.99. The Hall–Kier alpha value is -2.08. The van der Waals surface area contributed by atoms with E-state index in [-0.39, 0.29) is 47.2 Å². The van der Waals surface area contributed by atoms with Crippen molar-refractivity contribution in [3.8, 4) is 5.75 Å². The van der Waals surface area contributed by atoms with Gasteiger partial charge in [0, 0.05) is 88.5 Å². The molecule has 1 heterocycles. The maximum absolute atomic E-state index is 14.8. The number of fused-ring (bicyclic) bond motifs is 2. The predicted octanol–water partition coefficient (Wildman–Crippen LogP) is 2.99. The van der Waals surface area contributed by atoms with Gasteiger partial charge < -0.3 is 33.5 Å². The summed E-state index contributed by atoms with van der Waals surface area (Å²) in [5.41, 5.74) is -2.76. The molecule has 13 atom stereocenters. The summed E-state index contributed by atoms with van der Waals surface area (Å²) in [6, 6.07) is 7.02. The fourth-order valence-electron chi connectivity index (χ4n) is 12.7. The maximum atomic E-state index is 14.8. The van der Waals surface area contributed by atoms with Gasteiger partial charge in [0.15, 0.2) is 5.78 Å². The van der Waals surface area contributed by atoms with Crippen LogP contribution in [0, 0.1) is 40.4 Å². The Morgan fingerprint density at radius 1 is 0.978 bits per heavy atom. The van der Waals surface area contributed by atoms with Gasteiger partial charge in [0.1, 0.15) is 17.0 Å². The minimum Gasteiger partial charge on any atom is -0.497 e. The van der Waals surface area contributed by atoms with Crippen molar-refractivity contribution in [3.05, 3.63) is 29.8 Å². The maximum Gasteiger partial charge on any atom is 0.303 e. The second-order valence-corrected chi connectivity index (χ2v) is 14.6. The molecule has 1 aromatic rings. The first-order valence-electron chi connectivity index (χ1n) is 16.5. The molecule has 0 radical (unpaired) electrons. The molecule has 10 heteroatoms. The lowest BCUT2D eigenvalue weighted by Crippen LogP contribution is -2.77. The lowest BCUT2D eigenvalue weighted by Gasteiger charge is -2.69. The smallest absolute Gasteiger partial charge is 0.303 e. The zero-order valence-corrected chi connectivity index (χ0v) is 27.6. The SMILES string of the molecule is CCN1C[C@]2(COC)CC[C@H](OC)C34C1C([C@H](OC)[C@@H]32)[C@@]1(OC(C)=O)C[C@H](OC)[C@]2(O)C[C@@H]4[C@@H]1[C@H]2C(=O)c1ccc(OC)cc1. The van der Waals surface area contributed by atoms with Crippen molar-refractivity contribution in [1.29, 1.82) is 0 Å². The van der Waals surface area contributed by atoms with Gasteiger partial charge in [-0.3, -0.25) is 14.5 Å². The Labute approximate surface area is 266 Å². The molecule has 3 unspecified atom stereocenters. The van der Waals surface area contributed by atoms with Gasteiger partial charge >= 0.3 is 5.97 Å². The van der Waals surface area contributed by atoms with E-state index in [1.807, 2.05) is 0 Å². The molecular formula is C35H49NO9. The third kappa shape index (κ3) is 3.72. The molecule has 6 fully saturated rings. The average Bonchev–Trinajstić information content (AvgIpc) is 3.43. The van der Waals surface area contributed by atoms with E-state index in [1.54, 1.807) is 59.8 Å². The first kappa shape index (κ1) is 31.5. The number of esters is 1. The second-order valence-electron chi connectivity index (χ2n) is 14.6. The lowest BCUT2D eigenvalue weighted by atomic mass is 9.42. The number of methoxy groups -OCH3 is 5. The van der Waals surface area contributed by atoms with E-state index in [4.69, 9.17) is 28.4 Å². The van der Waals surface area contributed by atoms with Gasteiger partial charge in [-0.2, -0.15) is 0 Å². The number of nitrogens with zero attached hydrogens (tertiary/aromatic N) is 1. The molecule has 248 valence electrons. The summed E-state index contributed by atoms with van der Waals surface area (Å²) in [5.74, 6) is -1.66. The Balaban J connectivity index is 1.52. The fraction of sp³-hybridized carbons (Fsp3) is 0.771. The van der Waals surface area contributed by atoms with E-state index in [0.29, 0.717) is 30.8 Å². The van der Waals surface area contributed by atoms with Crippen molar-refractivity contribution >= 4 is 11.8 Å². The van der Waals surface area contributed by atoms with E-state index in [1.165, 1.54) is 6.92 Å². The van der Waals surface area contributed by atoms with Crippen LogP contribution in [-0.4, -0.2) is 113 Å². The minimum absolute atomic E-state index is 0.0227. The van der Waals surface area contributed by atoms with E-state index < -0.39 is 40.5 Å². The normalized spacial score (nSPS) is 47.4. The predicted molar refractivity (Wildman–Crippen MR) is 163 cm³/mol. The molecule has 6 aliphatic rings. The highest BCUT2D eigenvalue weighted by Crippen LogP contribution is 2.81. The molecule has 10 nitrogen and oxygen atoms in total. The number of piperidine rings is 1. The number of hydrogen-bond acceptors (Lipinski definition) is 10. The summed E-state index contributed by atoms with van der Waals surface area (Å²) >= 11 is 0. The molecule has 0 aromatic heterocycles. The summed E-state index contributed by atoms with van der Waals surface area (Å²) in [6.45, 7) is 5.86. The van der Waals surface area contributed by atoms with Crippen LogP contribution in [0.2, 0.25) is 0 Å². The molecule has 5 saturated carbocycles. The highest BCUT2D eigenvalue weighted by Gasteiger charge is 2.89. The number of carbonyl (C=O) groups is 2. The van der Waals surface area contributed by atoms with Gasteiger partial charge in [0.2, 0.25) is 0 Å². The van der Waals surface area contributed by atoms with E-state index >= 15 is 0 Å². The molecule has 1 N–H and O–H groups in total. The molecule has 1 spiro atoms. The number of ether oxygens (including phenoxy) is 6. The molecular weight excluding hydrogens is 578 g/mol. The van der Waals surface area contributed by atoms with Crippen LogP contribution in [0.5, 0.6) is 5.75 Å². The van der Waals surface area contributed by atoms with Gasteiger partial charge in [0.25, 0.3) is 0 Å². The summed E-state index contributed by atoms with van der Waals surface area (Å²) in [4.78, 5) is 30.7. The van der Waals surface area contributed by atoms with Crippen LogP contribution < -0.4 is 4.74 Å². The van der Waals surface area contributed by atoms with Crippen molar-refractivity contribution < 1.29 is 43.1 Å². The summed E-state index contributed by atoms with van der Waals surface area (Å²) in [7, 11) is 8.52. The Morgan fingerprint density at radius 2 is 1.69 bits per heavy atom. The first-order valence-corrected chi connectivity index (χ1v) is 16.5. The van der Waals surface area contributed by atoms with Crippen LogP contribution in [0.25, 0.3) is 0 Å². The van der Waals surface area contributed by atoms with Crippen LogP contribution >= 0.6 is 0 Å². The minimum atomic E-state index is -1.46. The van der Waals surface area contributed by atoms with Crippen LogP contribution in [-0.2, 0) is 28.5 Å². The number of likely N-dealkylation sites (tertiary alicyclic amines) is 1. The van der Waals surface area contributed by atoms with Crippen molar-refractivity contribution in [3.63, 3.8) is 0 Å². The third-order valence-electron chi connectivity index (χ3n) is 13.5. The Morgan fingerprint density at radius 3 is 2.27 bits per heavy atom. The monoisotopic (exact) mass is 627 g/mol. The van der Waals surface area contributed by atoms with E-state index in [0.717, 1.165) is 25.9 Å². The molecule has 1 aliphatic heterocycles. The topological polar surface area (TPSA) is 113 Å². The number of carbonyl (C=O) groups excluding carboxylic acids is 2. The molecule has 1 aromatic carbocycles. The number of Topliss-reactive ketones (excluding diaryl/α,β-unsaturated/α-hetero) is 1. The highest BCUT2D eigenvalue weighted by atomic mass is 16.6.